The smallest absolute Gasteiger partial charge is 0.338 e. The van der Waals surface area contributed by atoms with E-state index in [4.69, 9.17) is 5.11 Å². The van der Waals surface area contributed by atoms with Gasteiger partial charge in [0.25, 0.3) is 5.91 Å². The first kappa shape index (κ1) is 18.0. The molecule has 0 aliphatic carbocycles. The molecule has 0 bridgehead atoms. The minimum atomic E-state index is -0.993. The molecule has 1 unspecified atom stereocenters. The zero-order valence-corrected chi connectivity index (χ0v) is 15.4. The van der Waals surface area contributed by atoms with Crippen molar-refractivity contribution in [2.24, 2.45) is 0 Å². The predicted molar refractivity (Wildman–Crippen MR) is 103 cm³/mol. The van der Waals surface area contributed by atoms with Gasteiger partial charge in [-0.1, -0.05) is 30.3 Å². The van der Waals surface area contributed by atoms with Crippen molar-refractivity contribution in [1.82, 2.24) is 19.7 Å². The van der Waals surface area contributed by atoms with E-state index in [0.717, 1.165) is 24.8 Å². The van der Waals surface area contributed by atoms with Gasteiger partial charge >= 0.3 is 5.97 Å². The molecule has 3 aromatic rings. The van der Waals surface area contributed by atoms with Gasteiger partial charge in [0.05, 0.1) is 17.8 Å². The molecule has 1 aliphatic rings. The molecule has 28 heavy (non-hydrogen) atoms. The second-order valence-corrected chi connectivity index (χ2v) is 7.15. The van der Waals surface area contributed by atoms with Gasteiger partial charge in [0, 0.05) is 25.5 Å². The topological polar surface area (TPSA) is 91.2 Å². The monoisotopic (exact) mass is 378 g/mol. The molecule has 4 rings (SSSR count). The van der Waals surface area contributed by atoms with Gasteiger partial charge < -0.3 is 15.0 Å². The number of hydrogen-bond donors (Lipinski definition) is 2. The van der Waals surface area contributed by atoms with Crippen molar-refractivity contribution in [3.05, 3.63) is 77.4 Å². The van der Waals surface area contributed by atoms with Crippen molar-refractivity contribution in [2.75, 3.05) is 13.1 Å². The van der Waals surface area contributed by atoms with Crippen LogP contribution in [0.1, 0.15) is 50.9 Å². The number of aromatic amines is 1. The second-order valence-electron chi connectivity index (χ2n) is 7.15. The summed E-state index contributed by atoms with van der Waals surface area (Å²) in [4.78, 5) is 28.9. The fourth-order valence-corrected chi connectivity index (χ4v) is 3.67. The molecule has 1 aromatic carbocycles. The van der Waals surface area contributed by atoms with E-state index in [-0.39, 0.29) is 17.5 Å². The molecule has 144 valence electrons. The molecule has 0 radical (unpaired) electrons. The number of aromatic carboxylic acids is 1. The van der Waals surface area contributed by atoms with Crippen LogP contribution in [0.25, 0.3) is 0 Å². The number of aromatic nitrogens is 3. The molecule has 0 saturated carbocycles. The van der Waals surface area contributed by atoms with E-state index in [9.17, 15) is 9.59 Å². The Morgan fingerprint density at radius 1 is 1.21 bits per heavy atom. The van der Waals surface area contributed by atoms with Crippen LogP contribution in [-0.2, 0) is 6.42 Å². The molecule has 1 aliphatic heterocycles. The summed E-state index contributed by atoms with van der Waals surface area (Å²) < 4.78 is 1.67. The lowest BCUT2D eigenvalue weighted by molar-refractivity contribution is 0.0661. The number of nitrogens with zero attached hydrogens (tertiary/aromatic N) is 3. The molecule has 1 atom stereocenters. The standard InChI is InChI=1S/C21H22N4O3/c26-20(19-10-16(11-22-19)9-15-5-2-1-3-6-15)24-8-4-7-18(14-24)25-13-17(12-23-25)21(27)28/h1-3,5-6,10-13,18,22H,4,7-9,14H2,(H,27,28). The first-order valence-corrected chi connectivity index (χ1v) is 9.38. The summed E-state index contributed by atoms with van der Waals surface area (Å²) in [5.41, 5.74) is 3.02. The maximum atomic E-state index is 12.9. The summed E-state index contributed by atoms with van der Waals surface area (Å²) in [6, 6.07) is 12.0. The van der Waals surface area contributed by atoms with Crippen LogP contribution in [0.3, 0.4) is 0 Å². The molecule has 1 fully saturated rings. The number of nitrogens with one attached hydrogen (secondary N) is 1. The normalized spacial score (nSPS) is 16.9. The number of carbonyl (C=O) groups is 2. The minimum absolute atomic E-state index is 0.00967. The van der Waals surface area contributed by atoms with Gasteiger partial charge in [-0.3, -0.25) is 9.48 Å². The van der Waals surface area contributed by atoms with E-state index in [2.05, 4.69) is 22.2 Å². The Kier molecular flexibility index (Phi) is 4.97. The SMILES string of the molecule is O=C(O)c1cnn(C2CCCN(C(=O)c3cc(Cc4ccccc4)c[nH]3)C2)c1. The third-order valence-electron chi connectivity index (χ3n) is 5.13. The average molecular weight is 378 g/mol. The first-order chi connectivity index (χ1) is 13.6. The highest BCUT2D eigenvalue weighted by Gasteiger charge is 2.27. The number of carbonyl (C=O) groups excluding carboxylic acids is 1. The summed E-state index contributed by atoms with van der Waals surface area (Å²) in [6.45, 7) is 1.21. The van der Waals surface area contributed by atoms with Crippen LogP contribution in [0.2, 0.25) is 0 Å². The van der Waals surface area contributed by atoms with Crippen LogP contribution in [0.5, 0.6) is 0 Å². The second kappa shape index (κ2) is 7.72. The van der Waals surface area contributed by atoms with Gasteiger partial charge in [0.2, 0.25) is 0 Å². The molecule has 7 nitrogen and oxygen atoms in total. The van der Waals surface area contributed by atoms with Crippen molar-refractivity contribution in [1.29, 1.82) is 0 Å². The molecule has 1 amide bonds. The number of carboxylic acids is 1. The lowest BCUT2D eigenvalue weighted by Gasteiger charge is -2.32. The van der Waals surface area contributed by atoms with E-state index in [1.54, 1.807) is 4.68 Å². The first-order valence-electron chi connectivity index (χ1n) is 9.38. The third-order valence-corrected chi connectivity index (χ3v) is 5.13. The lowest BCUT2D eigenvalue weighted by atomic mass is 10.1. The Bertz CT molecular complexity index is 976. The third kappa shape index (κ3) is 3.83. The quantitative estimate of drug-likeness (QED) is 0.714. The highest BCUT2D eigenvalue weighted by Crippen LogP contribution is 2.23. The Labute approximate surface area is 162 Å². The number of piperidine rings is 1. The number of amides is 1. The van der Waals surface area contributed by atoms with Gasteiger partial charge in [-0.2, -0.15) is 5.10 Å². The van der Waals surface area contributed by atoms with Gasteiger partial charge in [-0.15, -0.1) is 0 Å². The molecule has 0 spiro atoms. The maximum Gasteiger partial charge on any atom is 0.338 e. The summed E-state index contributed by atoms with van der Waals surface area (Å²) >= 11 is 0. The van der Waals surface area contributed by atoms with E-state index in [0.29, 0.717) is 18.8 Å². The van der Waals surface area contributed by atoms with Crippen molar-refractivity contribution in [2.45, 2.75) is 25.3 Å². The average Bonchev–Trinajstić information content (AvgIpc) is 3.38. The number of hydrogen-bond acceptors (Lipinski definition) is 3. The molecule has 2 N–H and O–H groups in total. The summed E-state index contributed by atoms with van der Waals surface area (Å²) in [6.07, 6.45) is 7.27. The molecule has 3 heterocycles. The van der Waals surface area contributed by atoms with Crippen LogP contribution < -0.4 is 0 Å². The minimum Gasteiger partial charge on any atom is -0.478 e. The highest BCUT2D eigenvalue weighted by molar-refractivity contribution is 5.92. The maximum absolute atomic E-state index is 12.9. The lowest BCUT2D eigenvalue weighted by Crippen LogP contribution is -2.41. The van der Waals surface area contributed by atoms with Crippen LogP contribution in [0.15, 0.2) is 55.0 Å². The Balaban J connectivity index is 1.43. The summed E-state index contributed by atoms with van der Waals surface area (Å²) in [5, 5.41) is 13.2. The van der Waals surface area contributed by atoms with Gasteiger partial charge in [0.15, 0.2) is 0 Å². The van der Waals surface area contributed by atoms with Crippen molar-refractivity contribution >= 4 is 11.9 Å². The molecular weight excluding hydrogens is 356 g/mol. The van der Waals surface area contributed by atoms with E-state index < -0.39 is 5.97 Å². The Morgan fingerprint density at radius 2 is 2.04 bits per heavy atom. The number of likely N-dealkylation sites (tertiary alicyclic amines) is 1. The molecule has 1 saturated heterocycles. The van der Waals surface area contributed by atoms with Crippen molar-refractivity contribution < 1.29 is 14.7 Å². The van der Waals surface area contributed by atoms with E-state index in [1.165, 1.54) is 18.0 Å². The van der Waals surface area contributed by atoms with Gasteiger partial charge in [-0.05, 0) is 36.5 Å². The van der Waals surface area contributed by atoms with Crippen LogP contribution >= 0.6 is 0 Å². The van der Waals surface area contributed by atoms with Gasteiger partial charge in [0.1, 0.15) is 5.69 Å². The van der Waals surface area contributed by atoms with Crippen molar-refractivity contribution in [3.8, 4) is 0 Å². The van der Waals surface area contributed by atoms with E-state index >= 15 is 0 Å². The number of H-pyrrole nitrogens is 1. The summed E-state index contributed by atoms with van der Waals surface area (Å²) in [7, 11) is 0. The molecule has 7 heteroatoms. The molecule has 2 aromatic heterocycles. The van der Waals surface area contributed by atoms with Gasteiger partial charge in [-0.25, -0.2) is 4.79 Å². The van der Waals surface area contributed by atoms with Crippen LogP contribution in [0, 0.1) is 0 Å². The number of rotatable bonds is 5. The van der Waals surface area contributed by atoms with Crippen molar-refractivity contribution in [3.63, 3.8) is 0 Å². The zero-order chi connectivity index (χ0) is 19.5. The Hall–Kier alpha value is -3.35. The van der Waals surface area contributed by atoms with Crippen LogP contribution in [-0.4, -0.2) is 49.7 Å². The van der Waals surface area contributed by atoms with E-state index in [1.807, 2.05) is 35.4 Å². The largest absolute Gasteiger partial charge is 0.478 e. The molecular formula is C21H22N4O3. The predicted octanol–water partition coefficient (Wildman–Crippen LogP) is 2.98. The Morgan fingerprint density at radius 3 is 2.79 bits per heavy atom. The highest BCUT2D eigenvalue weighted by atomic mass is 16.4. The zero-order valence-electron chi connectivity index (χ0n) is 15.4. The number of benzene rings is 1. The van der Waals surface area contributed by atoms with Crippen LogP contribution in [0.4, 0.5) is 0 Å². The fraction of sp³-hybridized carbons (Fsp3) is 0.286. The summed E-state index contributed by atoms with van der Waals surface area (Å²) in [5.74, 6) is -1.03. The number of carboxylic acid groups (broad SMARTS) is 1. The fourth-order valence-electron chi connectivity index (χ4n) is 3.67.